The van der Waals surface area contributed by atoms with Crippen LogP contribution in [0, 0.1) is 0 Å². The van der Waals surface area contributed by atoms with E-state index in [4.69, 9.17) is 4.74 Å². The lowest BCUT2D eigenvalue weighted by atomic mass is 9.95. The minimum absolute atomic E-state index is 0.257. The van der Waals surface area contributed by atoms with Crippen molar-refractivity contribution in [3.63, 3.8) is 0 Å². The molecule has 0 aromatic heterocycles. The maximum atomic E-state index is 11.3. The molecule has 1 heterocycles. The van der Waals surface area contributed by atoms with Gasteiger partial charge in [-0.15, -0.1) is 0 Å². The maximum absolute atomic E-state index is 11.3. The third kappa shape index (κ3) is 3.17. The van der Waals surface area contributed by atoms with Gasteiger partial charge in [-0.1, -0.05) is 36.2 Å². The van der Waals surface area contributed by atoms with Crippen molar-refractivity contribution in [2.75, 3.05) is 19.9 Å². The summed E-state index contributed by atoms with van der Waals surface area (Å²) in [5.41, 5.74) is 2.72. The minimum Gasteiger partial charge on any atom is -0.447 e. The van der Waals surface area contributed by atoms with E-state index in [0.29, 0.717) is 6.61 Å². The molecule has 0 unspecified atom stereocenters. The molecule has 1 aromatic carbocycles. The second kappa shape index (κ2) is 6.11. The first-order valence-corrected chi connectivity index (χ1v) is 7.16. The normalized spacial score (nSPS) is 19.1. The number of benzene rings is 1. The van der Waals surface area contributed by atoms with Crippen molar-refractivity contribution in [1.82, 2.24) is 9.62 Å². The Morgan fingerprint density at radius 1 is 1.50 bits per heavy atom. The quantitative estimate of drug-likeness (QED) is 0.850. The van der Waals surface area contributed by atoms with Gasteiger partial charge >= 0.3 is 6.09 Å². The molecule has 1 amide bonds. The van der Waals surface area contributed by atoms with E-state index in [9.17, 15) is 4.79 Å². The summed E-state index contributed by atoms with van der Waals surface area (Å²) in [6, 6.07) is 8.69. The van der Waals surface area contributed by atoms with Gasteiger partial charge in [0.1, 0.15) is 6.61 Å². The first-order valence-electron chi connectivity index (χ1n) is 5.93. The van der Waals surface area contributed by atoms with Gasteiger partial charge in [0.15, 0.2) is 0 Å². The van der Waals surface area contributed by atoms with Crippen LogP contribution in [0.15, 0.2) is 24.3 Å². The number of likely N-dealkylation sites (N-methyl/N-ethyl adjacent to an activating group) is 1. The van der Waals surface area contributed by atoms with E-state index in [-0.39, 0.29) is 12.1 Å². The van der Waals surface area contributed by atoms with E-state index in [1.165, 1.54) is 23.1 Å². The van der Waals surface area contributed by atoms with Crippen LogP contribution < -0.4 is 4.72 Å². The lowest BCUT2D eigenvalue weighted by Gasteiger charge is -2.33. The van der Waals surface area contributed by atoms with Gasteiger partial charge < -0.3 is 4.74 Å². The first-order chi connectivity index (χ1) is 8.70. The number of rotatable bonds is 3. The molecule has 1 aliphatic heterocycles. The van der Waals surface area contributed by atoms with Crippen LogP contribution in [0.5, 0.6) is 0 Å². The van der Waals surface area contributed by atoms with Crippen molar-refractivity contribution in [3.8, 4) is 0 Å². The van der Waals surface area contributed by atoms with E-state index in [1.54, 1.807) is 6.26 Å². The van der Waals surface area contributed by atoms with Crippen LogP contribution >= 0.6 is 11.9 Å². The molecule has 0 bridgehead atoms. The molecular weight excluding hydrogens is 248 g/mol. The van der Waals surface area contributed by atoms with Gasteiger partial charge in [-0.05, 0) is 24.6 Å². The highest BCUT2D eigenvalue weighted by Gasteiger charge is 2.24. The van der Waals surface area contributed by atoms with Crippen LogP contribution in [0.4, 0.5) is 4.79 Å². The number of nitrogens with one attached hydrogen (secondary N) is 1. The van der Waals surface area contributed by atoms with Gasteiger partial charge in [0.25, 0.3) is 0 Å². The maximum Gasteiger partial charge on any atom is 0.417 e. The molecule has 1 N–H and O–H groups in total. The molecule has 1 aromatic rings. The Kier molecular flexibility index (Phi) is 4.49. The van der Waals surface area contributed by atoms with E-state index in [2.05, 4.69) is 40.9 Å². The number of ether oxygens (including phenoxy) is 1. The molecular formula is C13H18N2O2S. The highest BCUT2D eigenvalue weighted by molar-refractivity contribution is 7.97. The smallest absolute Gasteiger partial charge is 0.417 e. The number of carbonyl (C=O) groups excluding carboxylic acids is 1. The molecule has 5 heteroatoms. The fraction of sp³-hybridized carbons (Fsp3) is 0.462. The average Bonchev–Trinajstić information content (AvgIpc) is 2.36. The Balaban J connectivity index is 1.93. The van der Waals surface area contributed by atoms with Crippen molar-refractivity contribution in [2.45, 2.75) is 19.0 Å². The summed E-state index contributed by atoms with van der Waals surface area (Å²) in [6.45, 7) is 1.34. The molecule has 0 fully saturated rings. The second-order valence-corrected chi connectivity index (χ2v) is 5.06. The van der Waals surface area contributed by atoms with E-state index in [0.717, 1.165) is 13.0 Å². The monoisotopic (exact) mass is 266 g/mol. The van der Waals surface area contributed by atoms with Crippen LogP contribution in [0.1, 0.15) is 11.1 Å². The number of amides is 1. The molecule has 0 radical (unpaired) electrons. The molecule has 1 aliphatic rings. The number of nitrogens with zero attached hydrogens (tertiary/aromatic N) is 1. The van der Waals surface area contributed by atoms with Gasteiger partial charge in [0.2, 0.25) is 0 Å². The standard InChI is InChI=1S/C13H18N2O2S/c1-15-8-11-6-4-3-5-10(11)7-12(15)9-17-13(16)14-18-2/h3-6,12H,7-9H2,1-2H3,(H,14,16)/t12-/m0/s1. The van der Waals surface area contributed by atoms with Gasteiger partial charge in [-0.3, -0.25) is 9.62 Å². The fourth-order valence-electron chi connectivity index (χ4n) is 2.19. The molecule has 0 aliphatic carbocycles. The topological polar surface area (TPSA) is 41.6 Å². The number of hydrogen-bond donors (Lipinski definition) is 1. The summed E-state index contributed by atoms with van der Waals surface area (Å²) in [7, 11) is 2.07. The first kappa shape index (κ1) is 13.2. The largest absolute Gasteiger partial charge is 0.447 e. The number of hydrogen-bond acceptors (Lipinski definition) is 4. The van der Waals surface area contributed by atoms with Crippen LogP contribution in [0.25, 0.3) is 0 Å². The fourth-order valence-corrected chi connectivity index (χ4v) is 2.41. The Morgan fingerprint density at radius 3 is 2.94 bits per heavy atom. The molecule has 98 valence electrons. The third-order valence-electron chi connectivity index (χ3n) is 3.21. The third-order valence-corrected chi connectivity index (χ3v) is 3.58. The van der Waals surface area contributed by atoms with E-state index < -0.39 is 0 Å². The summed E-state index contributed by atoms with van der Waals surface area (Å²) in [6.07, 6.45) is 2.36. The molecule has 0 spiro atoms. The van der Waals surface area contributed by atoms with Crippen molar-refractivity contribution < 1.29 is 9.53 Å². The lowest BCUT2D eigenvalue weighted by molar-refractivity contribution is 0.0970. The lowest BCUT2D eigenvalue weighted by Crippen LogP contribution is -2.41. The molecule has 1 atom stereocenters. The van der Waals surface area contributed by atoms with Crippen LogP contribution in [-0.4, -0.2) is 36.9 Å². The summed E-state index contributed by atoms with van der Waals surface area (Å²) in [4.78, 5) is 13.5. The predicted molar refractivity (Wildman–Crippen MR) is 73.4 cm³/mol. The molecule has 18 heavy (non-hydrogen) atoms. The highest BCUT2D eigenvalue weighted by atomic mass is 32.2. The van der Waals surface area contributed by atoms with Gasteiger partial charge in [-0.2, -0.15) is 0 Å². The van der Waals surface area contributed by atoms with E-state index >= 15 is 0 Å². The highest BCUT2D eigenvalue weighted by Crippen LogP contribution is 2.21. The van der Waals surface area contributed by atoms with Gasteiger partial charge in [-0.25, -0.2) is 4.79 Å². The molecule has 0 saturated carbocycles. The molecule has 4 nitrogen and oxygen atoms in total. The zero-order valence-corrected chi connectivity index (χ0v) is 11.5. The minimum atomic E-state index is -0.366. The predicted octanol–water partition coefficient (Wildman–Crippen LogP) is 2.05. The summed E-state index contributed by atoms with van der Waals surface area (Å²) in [5.74, 6) is 0. The Hall–Kier alpha value is -1.20. The molecule has 2 rings (SSSR count). The summed E-state index contributed by atoms with van der Waals surface area (Å²) in [5, 5.41) is 0. The van der Waals surface area contributed by atoms with Crippen molar-refractivity contribution in [3.05, 3.63) is 35.4 Å². The van der Waals surface area contributed by atoms with Crippen LogP contribution in [0.3, 0.4) is 0 Å². The van der Waals surface area contributed by atoms with Crippen molar-refractivity contribution in [2.24, 2.45) is 0 Å². The van der Waals surface area contributed by atoms with Crippen LogP contribution in [-0.2, 0) is 17.7 Å². The Morgan fingerprint density at radius 2 is 2.22 bits per heavy atom. The van der Waals surface area contributed by atoms with Gasteiger partial charge in [0.05, 0.1) is 0 Å². The number of carbonyl (C=O) groups is 1. The summed E-state index contributed by atoms with van der Waals surface area (Å²) >= 11 is 1.25. The molecule has 0 saturated heterocycles. The van der Waals surface area contributed by atoms with Crippen molar-refractivity contribution >= 4 is 18.0 Å². The van der Waals surface area contributed by atoms with E-state index in [1.807, 2.05) is 0 Å². The van der Waals surface area contributed by atoms with Crippen LogP contribution in [0.2, 0.25) is 0 Å². The Bertz CT molecular complexity index is 425. The SMILES string of the molecule is CSNC(=O)OC[C@@H]1Cc2ccccc2CN1C. The number of fused-ring (bicyclic) bond motifs is 1. The Labute approximate surface area is 112 Å². The average molecular weight is 266 g/mol. The zero-order chi connectivity index (χ0) is 13.0. The zero-order valence-electron chi connectivity index (χ0n) is 10.7. The summed E-state index contributed by atoms with van der Waals surface area (Å²) < 4.78 is 7.75. The van der Waals surface area contributed by atoms with Crippen molar-refractivity contribution in [1.29, 1.82) is 0 Å². The second-order valence-electron chi connectivity index (χ2n) is 4.45. The van der Waals surface area contributed by atoms with Gasteiger partial charge in [0, 0.05) is 18.8 Å².